The summed E-state index contributed by atoms with van der Waals surface area (Å²) in [5.41, 5.74) is 2.30. The minimum atomic E-state index is -0.115. The van der Waals surface area contributed by atoms with Crippen LogP contribution in [0, 0.1) is 6.92 Å². The summed E-state index contributed by atoms with van der Waals surface area (Å²) >= 11 is 0. The molecule has 2 rings (SSSR count). The van der Waals surface area contributed by atoms with Gasteiger partial charge in [0.05, 0.1) is 0 Å². The Morgan fingerprint density at radius 2 is 2.11 bits per heavy atom. The van der Waals surface area contributed by atoms with Crippen LogP contribution in [0.4, 0.5) is 0 Å². The molecule has 94 valence electrons. The number of rotatable bonds is 4. The molecule has 0 aliphatic carbocycles. The van der Waals surface area contributed by atoms with Gasteiger partial charge >= 0.3 is 0 Å². The Hall–Kier alpha value is -2.17. The molecule has 2 aromatic heterocycles. The Kier molecular flexibility index (Phi) is 3.72. The highest BCUT2D eigenvalue weighted by atomic mass is 16.5. The zero-order chi connectivity index (χ0) is 13.0. The van der Waals surface area contributed by atoms with Gasteiger partial charge in [0.15, 0.2) is 5.69 Å². The number of aromatic nitrogens is 2. The maximum Gasteiger partial charge on any atom is 0.276 e. The average Bonchev–Trinajstić information content (AvgIpc) is 2.82. The van der Waals surface area contributed by atoms with Crippen molar-refractivity contribution in [3.63, 3.8) is 0 Å². The van der Waals surface area contributed by atoms with E-state index in [9.17, 15) is 4.79 Å². The fourth-order valence-corrected chi connectivity index (χ4v) is 1.62. The van der Waals surface area contributed by atoms with Gasteiger partial charge in [0, 0.05) is 31.5 Å². The van der Waals surface area contributed by atoms with Gasteiger partial charge in [-0.25, -0.2) is 0 Å². The second-order valence-electron chi connectivity index (χ2n) is 4.18. The Balaban J connectivity index is 1.95. The van der Waals surface area contributed by atoms with Crippen LogP contribution in [-0.4, -0.2) is 34.5 Å². The molecule has 0 N–H and O–H groups in total. The molecule has 1 amide bonds. The van der Waals surface area contributed by atoms with E-state index in [4.69, 9.17) is 4.52 Å². The van der Waals surface area contributed by atoms with Crippen molar-refractivity contribution in [2.45, 2.75) is 13.3 Å². The quantitative estimate of drug-likeness (QED) is 0.822. The molecule has 0 atom stereocenters. The van der Waals surface area contributed by atoms with Crippen LogP contribution in [0.2, 0.25) is 0 Å². The molecule has 0 unspecified atom stereocenters. The monoisotopic (exact) mass is 245 g/mol. The topological polar surface area (TPSA) is 59.2 Å². The van der Waals surface area contributed by atoms with Gasteiger partial charge in [-0.05, 0) is 31.0 Å². The van der Waals surface area contributed by atoms with Crippen LogP contribution >= 0.6 is 0 Å². The van der Waals surface area contributed by atoms with Gasteiger partial charge in [0.2, 0.25) is 0 Å². The van der Waals surface area contributed by atoms with E-state index in [0.717, 1.165) is 17.5 Å². The number of carbonyl (C=O) groups is 1. The molecule has 0 aromatic carbocycles. The predicted molar refractivity (Wildman–Crippen MR) is 66.1 cm³/mol. The van der Waals surface area contributed by atoms with Crippen LogP contribution in [-0.2, 0) is 6.42 Å². The molecule has 0 saturated carbocycles. The minimum absolute atomic E-state index is 0.115. The first-order valence-electron chi connectivity index (χ1n) is 5.74. The van der Waals surface area contributed by atoms with Crippen molar-refractivity contribution in [1.82, 2.24) is 15.0 Å². The molecular weight excluding hydrogens is 230 g/mol. The van der Waals surface area contributed by atoms with Crippen LogP contribution in [0.1, 0.15) is 21.6 Å². The predicted octanol–water partition coefficient (Wildman–Crippen LogP) is 1.69. The second kappa shape index (κ2) is 5.44. The molecule has 0 aliphatic heterocycles. The van der Waals surface area contributed by atoms with Gasteiger partial charge in [-0.1, -0.05) is 5.16 Å². The molecule has 5 heteroatoms. The number of hydrogen-bond acceptors (Lipinski definition) is 4. The Morgan fingerprint density at radius 3 is 2.72 bits per heavy atom. The van der Waals surface area contributed by atoms with Gasteiger partial charge in [0.25, 0.3) is 5.91 Å². The Bertz CT molecular complexity index is 522. The van der Waals surface area contributed by atoms with Crippen LogP contribution in [0.5, 0.6) is 0 Å². The highest BCUT2D eigenvalue weighted by Crippen LogP contribution is 2.08. The number of likely N-dealkylation sites (N-methyl/N-ethyl adjacent to an activating group) is 1. The molecule has 0 aliphatic rings. The summed E-state index contributed by atoms with van der Waals surface area (Å²) in [6.45, 7) is 2.44. The van der Waals surface area contributed by atoms with Crippen LogP contribution in [0.15, 0.2) is 35.3 Å². The Morgan fingerprint density at radius 1 is 1.39 bits per heavy atom. The van der Waals surface area contributed by atoms with E-state index in [-0.39, 0.29) is 5.91 Å². The van der Waals surface area contributed by atoms with E-state index in [1.54, 1.807) is 31.3 Å². The lowest BCUT2D eigenvalue weighted by Gasteiger charge is -2.15. The van der Waals surface area contributed by atoms with Crippen LogP contribution in [0.25, 0.3) is 0 Å². The van der Waals surface area contributed by atoms with Gasteiger partial charge in [-0.2, -0.15) is 0 Å². The largest absolute Gasteiger partial charge is 0.364 e. The molecule has 18 heavy (non-hydrogen) atoms. The molecule has 0 saturated heterocycles. The molecule has 0 fully saturated rings. The summed E-state index contributed by atoms with van der Waals surface area (Å²) < 4.78 is 4.77. The number of hydrogen-bond donors (Lipinski definition) is 0. The number of aryl methyl sites for hydroxylation is 1. The van der Waals surface area contributed by atoms with Gasteiger partial charge in [0.1, 0.15) is 6.26 Å². The maximum absolute atomic E-state index is 12.0. The number of pyridine rings is 1. The number of nitrogens with zero attached hydrogens (tertiary/aromatic N) is 3. The third-order valence-corrected chi connectivity index (χ3v) is 2.78. The van der Waals surface area contributed by atoms with E-state index in [0.29, 0.717) is 12.2 Å². The van der Waals surface area contributed by atoms with Crippen molar-refractivity contribution in [2.24, 2.45) is 0 Å². The van der Waals surface area contributed by atoms with E-state index in [1.807, 2.05) is 12.1 Å². The van der Waals surface area contributed by atoms with Crippen molar-refractivity contribution in [3.8, 4) is 0 Å². The van der Waals surface area contributed by atoms with Crippen molar-refractivity contribution in [1.29, 1.82) is 0 Å². The summed E-state index contributed by atoms with van der Waals surface area (Å²) in [7, 11) is 1.76. The van der Waals surface area contributed by atoms with Gasteiger partial charge < -0.3 is 9.42 Å². The van der Waals surface area contributed by atoms with Gasteiger partial charge in [-0.3, -0.25) is 9.78 Å². The summed E-state index contributed by atoms with van der Waals surface area (Å²) in [5, 5.41) is 3.72. The Labute approximate surface area is 105 Å². The average molecular weight is 245 g/mol. The minimum Gasteiger partial charge on any atom is -0.364 e. The van der Waals surface area contributed by atoms with Crippen molar-refractivity contribution < 1.29 is 9.32 Å². The smallest absolute Gasteiger partial charge is 0.276 e. The van der Waals surface area contributed by atoms with Gasteiger partial charge in [-0.15, -0.1) is 0 Å². The van der Waals surface area contributed by atoms with Crippen molar-refractivity contribution in [3.05, 3.63) is 47.6 Å². The van der Waals surface area contributed by atoms with E-state index in [2.05, 4.69) is 10.1 Å². The molecular formula is C13H15N3O2. The molecule has 0 bridgehead atoms. The third-order valence-electron chi connectivity index (χ3n) is 2.78. The molecule has 0 radical (unpaired) electrons. The van der Waals surface area contributed by atoms with E-state index >= 15 is 0 Å². The van der Waals surface area contributed by atoms with Crippen LogP contribution in [0.3, 0.4) is 0 Å². The van der Waals surface area contributed by atoms with Crippen LogP contribution < -0.4 is 0 Å². The third kappa shape index (κ3) is 2.74. The SMILES string of the molecule is Cc1conc1C(=O)N(C)CCc1ccncc1. The zero-order valence-corrected chi connectivity index (χ0v) is 10.5. The first-order valence-corrected chi connectivity index (χ1v) is 5.74. The van der Waals surface area contributed by atoms with E-state index < -0.39 is 0 Å². The molecule has 2 aromatic rings. The molecule has 0 spiro atoms. The van der Waals surface area contributed by atoms with Crippen molar-refractivity contribution >= 4 is 5.91 Å². The second-order valence-corrected chi connectivity index (χ2v) is 4.18. The summed E-state index contributed by atoms with van der Waals surface area (Å²) in [6, 6.07) is 3.89. The molecule has 5 nitrogen and oxygen atoms in total. The molecule has 2 heterocycles. The normalized spacial score (nSPS) is 10.3. The summed E-state index contributed by atoms with van der Waals surface area (Å²) in [6.07, 6.45) is 5.77. The number of carbonyl (C=O) groups excluding carboxylic acids is 1. The fourth-order valence-electron chi connectivity index (χ4n) is 1.62. The van der Waals surface area contributed by atoms with Crippen molar-refractivity contribution in [2.75, 3.05) is 13.6 Å². The zero-order valence-electron chi connectivity index (χ0n) is 10.5. The first kappa shape index (κ1) is 12.3. The highest BCUT2D eigenvalue weighted by molar-refractivity contribution is 5.93. The lowest BCUT2D eigenvalue weighted by atomic mass is 10.2. The highest BCUT2D eigenvalue weighted by Gasteiger charge is 2.17. The lowest BCUT2D eigenvalue weighted by molar-refractivity contribution is 0.0786. The number of amides is 1. The summed E-state index contributed by atoms with van der Waals surface area (Å²) in [5.74, 6) is -0.115. The van der Waals surface area contributed by atoms with E-state index in [1.165, 1.54) is 6.26 Å². The fraction of sp³-hybridized carbons (Fsp3) is 0.308. The lowest BCUT2D eigenvalue weighted by Crippen LogP contribution is -2.29. The maximum atomic E-state index is 12.0. The summed E-state index contributed by atoms with van der Waals surface area (Å²) in [4.78, 5) is 17.6. The first-order chi connectivity index (χ1) is 8.68. The standard InChI is InChI=1S/C13H15N3O2/c1-10-9-18-15-12(10)13(17)16(2)8-5-11-3-6-14-7-4-11/h3-4,6-7,9H,5,8H2,1-2H3.